The second kappa shape index (κ2) is 5.12. The molecule has 0 saturated heterocycles. The van der Waals surface area contributed by atoms with Crippen LogP contribution in [0.15, 0.2) is 39.2 Å². The van der Waals surface area contributed by atoms with E-state index in [2.05, 4.69) is 21.2 Å². The van der Waals surface area contributed by atoms with E-state index in [4.69, 9.17) is 27.6 Å². The number of hydrogen-bond donors (Lipinski definition) is 1. The summed E-state index contributed by atoms with van der Waals surface area (Å²) >= 11 is 14.7. The Morgan fingerprint density at radius 2 is 2.00 bits per heavy atom. The van der Waals surface area contributed by atoms with Gasteiger partial charge in [-0.3, -0.25) is 4.79 Å². The van der Waals surface area contributed by atoms with E-state index in [1.807, 2.05) is 0 Å². The van der Waals surface area contributed by atoms with Gasteiger partial charge in [-0.25, -0.2) is 0 Å². The number of carbonyl (C=O) groups is 1. The maximum atomic E-state index is 11.7. The van der Waals surface area contributed by atoms with E-state index in [0.29, 0.717) is 15.2 Å². The van der Waals surface area contributed by atoms with Gasteiger partial charge in [0.25, 0.3) is 5.91 Å². The van der Waals surface area contributed by atoms with Gasteiger partial charge in [-0.1, -0.05) is 11.6 Å². The summed E-state index contributed by atoms with van der Waals surface area (Å²) in [6.45, 7) is 0. The Balaban J connectivity index is 2.15. The van der Waals surface area contributed by atoms with Gasteiger partial charge in [-0.15, -0.1) is 0 Å². The molecule has 0 bridgehead atoms. The lowest BCUT2D eigenvalue weighted by atomic mass is 10.3. The van der Waals surface area contributed by atoms with Crippen LogP contribution < -0.4 is 5.32 Å². The van der Waals surface area contributed by atoms with E-state index in [0.717, 1.165) is 0 Å². The lowest BCUT2D eigenvalue weighted by molar-refractivity contribution is 0.0997. The number of amides is 1. The Hall–Kier alpha value is -0.970. The molecule has 2 rings (SSSR count). The van der Waals surface area contributed by atoms with Gasteiger partial charge >= 0.3 is 0 Å². The first kappa shape index (κ1) is 12.5. The van der Waals surface area contributed by atoms with E-state index in [9.17, 15) is 4.79 Å². The molecule has 88 valence electrons. The molecule has 0 aliphatic carbocycles. The first-order valence-electron chi connectivity index (χ1n) is 4.58. The molecular formula is C11H6BrCl2NO2. The van der Waals surface area contributed by atoms with Crippen LogP contribution in [0.1, 0.15) is 10.6 Å². The number of anilines is 1. The quantitative estimate of drug-likeness (QED) is 0.872. The number of nitrogens with one attached hydrogen (secondary N) is 1. The lowest BCUT2D eigenvalue weighted by Gasteiger charge is -2.04. The number of rotatable bonds is 2. The SMILES string of the molecule is O=C(Nc1ccc(Cl)c(Br)c1)c1ccc(Cl)o1. The Kier molecular flexibility index (Phi) is 3.76. The third-order valence-electron chi connectivity index (χ3n) is 1.97. The first-order valence-corrected chi connectivity index (χ1v) is 6.13. The molecule has 1 heterocycles. The summed E-state index contributed by atoms with van der Waals surface area (Å²) < 4.78 is 5.69. The molecular weight excluding hydrogens is 329 g/mol. The topological polar surface area (TPSA) is 42.2 Å². The molecule has 3 nitrogen and oxygen atoms in total. The molecule has 0 radical (unpaired) electrons. The summed E-state index contributed by atoms with van der Waals surface area (Å²) in [6.07, 6.45) is 0. The molecule has 0 aliphatic heterocycles. The molecule has 0 unspecified atom stereocenters. The molecule has 1 aromatic carbocycles. The molecule has 2 aromatic rings. The van der Waals surface area contributed by atoms with Gasteiger partial charge < -0.3 is 9.73 Å². The Morgan fingerprint density at radius 3 is 2.59 bits per heavy atom. The zero-order chi connectivity index (χ0) is 12.4. The first-order chi connectivity index (χ1) is 8.06. The van der Waals surface area contributed by atoms with Crippen LogP contribution in [0.3, 0.4) is 0 Å². The minimum atomic E-state index is -0.369. The molecule has 6 heteroatoms. The van der Waals surface area contributed by atoms with Crippen molar-refractivity contribution in [3.63, 3.8) is 0 Å². The van der Waals surface area contributed by atoms with Crippen molar-refractivity contribution in [2.75, 3.05) is 5.32 Å². The summed E-state index contributed by atoms with van der Waals surface area (Å²) in [5, 5.41) is 3.41. The Bertz CT molecular complexity index is 568. The minimum absolute atomic E-state index is 0.154. The van der Waals surface area contributed by atoms with Gasteiger partial charge in [0.15, 0.2) is 11.0 Å². The van der Waals surface area contributed by atoms with Crippen molar-refractivity contribution in [3.8, 4) is 0 Å². The predicted molar refractivity (Wildman–Crippen MR) is 70.8 cm³/mol. The summed E-state index contributed by atoms with van der Waals surface area (Å²) in [7, 11) is 0. The molecule has 1 aromatic heterocycles. The van der Waals surface area contributed by atoms with Crippen LogP contribution in [0.25, 0.3) is 0 Å². The molecule has 17 heavy (non-hydrogen) atoms. The Morgan fingerprint density at radius 1 is 1.24 bits per heavy atom. The predicted octanol–water partition coefficient (Wildman–Crippen LogP) is 4.60. The summed E-state index contributed by atoms with van der Waals surface area (Å²) in [5.74, 6) is -0.216. The zero-order valence-electron chi connectivity index (χ0n) is 8.34. The number of halogens is 3. The highest BCUT2D eigenvalue weighted by atomic mass is 79.9. The largest absolute Gasteiger partial charge is 0.440 e. The molecule has 1 amide bonds. The van der Waals surface area contributed by atoms with Crippen molar-refractivity contribution < 1.29 is 9.21 Å². The number of hydrogen-bond acceptors (Lipinski definition) is 2. The van der Waals surface area contributed by atoms with Crippen molar-refractivity contribution in [3.05, 3.63) is 50.8 Å². The summed E-state index contributed by atoms with van der Waals surface area (Å²) in [5.41, 5.74) is 0.610. The molecule has 0 fully saturated rings. The van der Waals surface area contributed by atoms with Crippen LogP contribution in [0.2, 0.25) is 10.2 Å². The van der Waals surface area contributed by atoms with Crippen LogP contribution in [-0.4, -0.2) is 5.91 Å². The third-order valence-corrected chi connectivity index (χ3v) is 3.39. The molecule has 1 N–H and O–H groups in total. The lowest BCUT2D eigenvalue weighted by Crippen LogP contribution is -2.10. The van der Waals surface area contributed by atoms with Crippen molar-refractivity contribution in [1.29, 1.82) is 0 Å². The zero-order valence-corrected chi connectivity index (χ0v) is 11.4. The molecule has 0 saturated carbocycles. The smallest absolute Gasteiger partial charge is 0.291 e. The highest BCUT2D eigenvalue weighted by Crippen LogP contribution is 2.26. The molecule has 0 atom stereocenters. The van der Waals surface area contributed by atoms with Crippen molar-refractivity contribution in [2.24, 2.45) is 0 Å². The van der Waals surface area contributed by atoms with Crippen LogP contribution in [0.5, 0.6) is 0 Å². The number of carbonyl (C=O) groups excluding carboxylic acids is 1. The van der Waals surface area contributed by atoms with E-state index in [-0.39, 0.29) is 16.9 Å². The van der Waals surface area contributed by atoms with Gasteiger partial charge in [0, 0.05) is 10.2 Å². The highest BCUT2D eigenvalue weighted by Gasteiger charge is 2.11. The van der Waals surface area contributed by atoms with Gasteiger partial charge in [0.05, 0.1) is 5.02 Å². The minimum Gasteiger partial charge on any atom is -0.440 e. The van der Waals surface area contributed by atoms with E-state index < -0.39 is 0 Å². The van der Waals surface area contributed by atoms with Gasteiger partial charge in [-0.05, 0) is 57.9 Å². The Labute approximate surface area is 116 Å². The highest BCUT2D eigenvalue weighted by molar-refractivity contribution is 9.10. The average molecular weight is 335 g/mol. The van der Waals surface area contributed by atoms with Gasteiger partial charge in [0.1, 0.15) is 0 Å². The van der Waals surface area contributed by atoms with E-state index >= 15 is 0 Å². The average Bonchev–Trinajstić information content (AvgIpc) is 2.70. The fourth-order valence-corrected chi connectivity index (χ4v) is 1.85. The van der Waals surface area contributed by atoms with Gasteiger partial charge in [0.2, 0.25) is 0 Å². The monoisotopic (exact) mass is 333 g/mol. The van der Waals surface area contributed by atoms with Crippen LogP contribution >= 0.6 is 39.1 Å². The molecule has 0 spiro atoms. The number of benzene rings is 1. The maximum absolute atomic E-state index is 11.7. The van der Waals surface area contributed by atoms with Crippen molar-refractivity contribution >= 4 is 50.7 Å². The van der Waals surface area contributed by atoms with Crippen molar-refractivity contribution in [2.45, 2.75) is 0 Å². The van der Waals surface area contributed by atoms with E-state index in [1.54, 1.807) is 18.2 Å². The van der Waals surface area contributed by atoms with E-state index in [1.165, 1.54) is 12.1 Å². The normalized spacial score (nSPS) is 10.3. The van der Waals surface area contributed by atoms with Crippen LogP contribution in [-0.2, 0) is 0 Å². The third kappa shape index (κ3) is 3.03. The second-order valence-corrected chi connectivity index (χ2v) is 4.82. The van der Waals surface area contributed by atoms with Crippen molar-refractivity contribution in [1.82, 2.24) is 0 Å². The molecule has 0 aliphatic rings. The van der Waals surface area contributed by atoms with Crippen LogP contribution in [0, 0.1) is 0 Å². The van der Waals surface area contributed by atoms with Gasteiger partial charge in [-0.2, -0.15) is 0 Å². The second-order valence-electron chi connectivity index (χ2n) is 3.19. The fourth-order valence-electron chi connectivity index (χ4n) is 1.20. The summed E-state index contributed by atoms with van der Waals surface area (Å²) in [4.78, 5) is 11.7. The standard InChI is InChI=1S/C11H6BrCl2NO2/c12-7-5-6(1-2-8(7)13)15-11(16)9-3-4-10(14)17-9/h1-5H,(H,15,16). The maximum Gasteiger partial charge on any atom is 0.291 e. The number of furan rings is 1. The summed E-state index contributed by atoms with van der Waals surface area (Å²) in [6, 6.07) is 8.08. The van der Waals surface area contributed by atoms with Crippen LogP contribution in [0.4, 0.5) is 5.69 Å². The fraction of sp³-hybridized carbons (Fsp3) is 0.